The quantitative estimate of drug-likeness (QED) is 0.803. The van der Waals surface area contributed by atoms with Gasteiger partial charge in [0.1, 0.15) is 0 Å². The van der Waals surface area contributed by atoms with Gasteiger partial charge in [0, 0.05) is 39.5 Å². The van der Waals surface area contributed by atoms with Gasteiger partial charge in [0.25, 0.3) is 0 Å². The zero-order valence-electron chi connectivity index (χ0n) is 13.6. The Morgan fingerprint density at radius 1 is 0.952 bits per heavy atom. The molecule has 0 bridgehead atoms. The van der Waals surface area contributed by atoms with Crippen LogP contribution in [-0.4, -0.2) is 47.8 Å². The standard InChI is InChI=1S/C17H30N2O2/c1-14(16-7-4-3-5-8-16)13-17(21)19-10-6-9-18(11-12-19)15(2)20/h14,16H,3-13H2,1-2H3/t14-/m0/s1. The summed E-state index contributed by atoms with van der Waals surface area (Å²) >= 11 is 0. The molecule has 1 aliphatic carbocycles. The summed E-state index contributed by atoms with van der Waals surface area (Å²) in [4.78, 5) is 27.8. The maximum Gasteiger partial charge on any atom is 0.222 e. The van der Waals surface area contributed by atoms with E-state index in [2.05, 4.69) is 6.92 Å². The third-order valence-electron chi connectivity index (χ3n) is 5.25. The van der Waals surface area contributed by atoms with E-state index in [1.165, 1.54) is 32.1 Å². The maximum absolute atomic E-state index is 12.5. The Hall–Kier alpha value is -1.06. The molecule has 120 valence electrons. The first-order valence-electron chi connectivity index (χ1n) is 8.61. The molecule has 1 atom stereocenters. The van der Waals surface area contributed by atoms with Gasteiger partial charge in [-0.05, 0) is 18.3 Å². The number of hydrogen-bond donors (Lipinski definition) is 0. The summed E-state index contributed by atoms with van der Waals surface area (Å²) < 4.78 is 0. The van der Waals surface area contributed by atoms with Gasteiger partial charge in [-0.25, -0.2) is 0 Å². The van der Waals surface area contributed by atoms with E-state index in [-0.39, 0.29) is 5.91 Å². The SMILES string of the molecule is CC(=O)N1CCCN(C(=O)C[C@H](C)C2CCCCC2)CC1. The molecule has 2 rings (SSSR count). The van der Waals surface area contributed by atoms with Gasteiger partial charge in [-0.3, -0.25) is 9.59 Å². The molecule has 0 radical (unpaired) electrons. The molecule has 4 heteroatoms. The van der Waals surface area contributed by atoms with Crippen LogP contribution in [0.4, 0.5) is 0 Å². The van der Waals surface area contributed by atoms with E-state index in [0.717, 1.165) is 25.4 Å². The first-order chi connectivity index (χ1) is 10.1. The number of amides is 2. The van der Waals surface area contributed by atoms with Gasteiger partial charge in [0.15, 0.2) is 0 Å². The maximum atomic E-state index is 12.5. The zero-order valence-corrected chi connectivity index (χ0v) is 13.6. The van der Waals surface area contributed by atoms with Crippen LogP contribution >= 0.6 is 0 Å². The number of carbonyl (C=O) groups is 2. The Bertz CT molecular complexity index is 364. The number of carbonyl (C=O) groups excluding carboxylic acids is 2. The summed E-state index contributed by atoms with van der Waals surface area (Å²) in [6, 6.07) is 0. The lowest BCUT2D eigenvalue weighted by atomic mass is 9.79. The van der Waals surface area contributed by atoms with Crippen molar-refractivity contribution in [2.45, 2.75) is 58.8 Å². The van der Waals surface area contributed by atoms with Crippen molar-refractivity contribution < 1.29 is 9.59 Å². The van der Waals surface area contributed by atoms with Crippen molar-refractivity contribution in [3.8, 4) is 0 Å². The molecule has 0 aromatic carbocycles. The molecule has 0 N–H and O–H groups in total. The van der Waals surface area contributed by atoms with E-state index in [4.69, 9.17) is 0 Å². The van der Waals surface area contributed by atoms with Crippen LogP contribution in [0.5, 0.6) is 0 Å². The fraction of sp³-hybridized carbons (Fsp3) is 0.882. The third kappa shape index (κ3) is 4.72. The highest BCUT2D eigenvalue weighted by molar-refractivity contribution is 5.77. The lowest BCUT2D eigenvalue weighted by Crippen LogP contribution is -2.37. The van der Waals surface area contributed by atoms with Gasteiger partial charge in [0.2, 0.25) is 11.8 Å². The fourth-order valence-corrected chi connectivity index (χ4v) is 3.76. The molecule has 1 saturated heterocycles. The third-order valence-corrected chi connectivity index (χ3v) is 5.25. The summed E-state index contributed by atoms with van der Waals surface area (Å²) in [5, 5.41) is 0. The highest BCUT2D eigenvalue weighted by atomic mass is 16.2. The summed E-state index contributed by atoms with van der Waals surface area (Å²) in [6.45, 7) is 6.85. The average Bonchev–Trinajstić information content (AvgIpc) is 2.74. The zero-order chi connectivity index (χ0) is 15.2. The second-order valence-corrected chi connectivity index (χ2v) is 6.82. The predicted octanol–water partition coefficient (Wildman–Crippen LogP) is 2.67. The van der Waals surface area contributed by atoms with Crippen molar-refractivity contribution in [3.05, 3.63) is 0 Å². The molecule has 21 heavy (non-hydrogen) atoms. The molecule has 0 aromatic rings. The molecule has 0 unspecified atom stereocenters. The van der Waals surface area contributed by atoms with Crippen LogP contribution in [0, 0.1) is 11.8 Å². The van der Waals surface area contributed by atoms with Crippen molar-refractivity contribution in [1.29, 1.82) is 0 Å². The summed E-state index contributed by atoms with van der Waals surface area (Å²) in [6.07, 6.45) is 8.22. The minimum atomic E-state index is 0.125. The first kappa shape index (κ1) is 16.3. The van der Waals surface area contributed by atoms with Crippen LogP contribution in [0.1, 0.15) is 58.8 Å². The Morgan fingerprint density at radius 3 is 2.24 bits per heavy atom. The van der Waals surface area contributed by atoms with E-state index < -0.39 is 0 Å². The van der Waals surface area contributed by atoms with Gasteiger partial charge in [-0.1, -0.05) is 39.0 Å². The summed E-state index contributed by atoms with van der Waals surface area (Å²) in [5.74, 6) is 1.66. The smallest absolute Gasteiger partial charge is 0.222 e. The molecule has 0 aromatic heterocycles. The second kappa shape index (κ2) is 7.81. The van der Waals surface area contributed by atoms with Crippen LogP contribution in [0.25, 0.3) is 0 Å². The van der Waals surface area contributed by atoms with E-state index in [0.29, 0.717) is 31.3 Å². The lowest BCUT2D eigenvalue weighted by Gasteiger charge is -2.29. The first-order valence-corrected chi connectivity index (χ1v) is 8.61. The average molecular weight is 294 g/mol. The Morgan fingerprint density at radius 2 is 1.57 bits per heavy atom. The Balaban J connectivity index is 1.80. The van der Waals surface area contributed by atoms with Crippen LogP contribution in [0.2, 0.25) is 0 Å². The molecular formula is C17H30N2O2. The van der Waals surface area contributed by atoms with Crippen molar-refractivity contribution in [3.63, 3.8) is 0 Å². The molecule has 0 spiro atoms. The van der Waals surface area contributed by atoms with E-state index in [9.17, 15) is 9.59 Å². The number of nitrogens with zero attached hydrogens (tertiary/aromatic N) is 2. The van der Waals surface area contributed by atoms with Crippen LogP contribution < -0.4 is 0 Å². The van der Waals surface area contributed by atoms with E-state index >= 15 is 0 Å². The topological polar surface area (TPSA) is 40.6 Å². The van der Waals surface area contributed by atoms with Crippen molar-refractivity contribution in [2.24, 2.45) is 11.8 Å². The Labute approximate surface area is 128 Å². The number of rotatable bonds is 3. The van der Waals surface area contributed by atoms with Gasteiger partial charge in [-0.2, -0.15) is 0 Å². The van der Waals surface area contributed by atoms with Crippen LogP contribution in [0.3, 0.4) is 0 Å². The largest absolute Gasteiger partial charge is 0.341 e. The van der Waals surface area contributed by atoms with Crippen molar-refractivity contribution in [2.75, 3.05) is 26.2 Å². The van der Waals surface area contributed by atoms with E-state index in [1.54, 1.807) is 6.92 Å². The Kier molecular flexibility index (Phi) is 6.07. The van der Waals surface area contributed by atoms with Gasteiger partial charge >= 0.3 is 0 Å². The molecule has 2 amide bonds. The van der Waals surface area contributed by atoms with Gasteiger partial charge < -0.3 is 9.80 Å². The minimum Gasteiger partial charge on any atom is -0.341 e. The monoisotopic (exact) mass is 294 g/mol. The van der Waals surface area contributed by atoms with Crippen molar-refractivity contribution in [1.82, 2.24) is 9.80 Å². The molecule has 2 fully saturated rings. The fourth-order valence-electron chi connectivity index (χ4n) is 3.76. The molecule has 1 heterocycles. The lowest BCUT2D eigenvalue weighted by molar-refractivity contribution is -0.133. The molecule has 4 nitrogen and oxygen atoms in total. The van der Waals surface area contributed by atoms with Gasteiger partial charge in [-0.15, -0.1) is 0 Å². The molecule has 2 aliphatic rings. The summed E-state index contributed by atoms with van der Waals surface area (Å²) in [7, 11) is 0. The second-order valence-electron chi connectivity index (χ2n) is 6.82. The number of hydrogen-bond acceptors (Lipinski definition) is 2. The van der Waals surface area contributed by atoms with E-state index in [1.807, 2.05) is 9.80 Å². The van der Waals surface area contributed by atoms with Crippen LogP contribution in [0.15, 0.2) is 0 Å². The predicted molar refractivity (Wildman–Crippen MR) is 83.8 cm³/mol. The molecular weight excluding hydrogens is 264 g/mol. The molecule has 1 aliphatic heterocycles. The minimum absolute atomic E-state index is 0.125. The highest BCUT2D eigenvalue weighted by Crippen LogP contribution is 2.31. The highest BCUT2D eigenvalue weighted by Gasteiger charge is 2.25. The van der Waals surface area contributed by atoms with Crippen molar-refractivity contribution >= 4 is 11.8 Å². The van der Waals surface area contributed by atoms with Crippen LogP contribution in [-0.2, 0) is 9.59 Å². The molecule has 1 saturated carbocycles. The van der Waals surface area contributed by atoms with Gasteiger partial charge in [0.05, 0.1) is 0 Å². The summed E-state index contributed by atoms with van der Waals surface area (Å²) in [5.41, 5.74) is 0. The normalized spacial score (nSPS) is 22.8.